The second-order valence-corrected chi connectivity index (χ2v) is 14.8. The minimum absolute atomic E-state index is 0.0599. The number of aliphatic hydroxyl groups excluding tert-OH is 2. The number of carboxylic acid groups (broad SMARTS) is 1. The van der Waals surface area contributed by atoms with Crippen molar-refractivity contribution in [3.8, 4) is 0 Å². The molecule has 0 amide bonds. The first-order valence-electron chi connectivity index (χ1n) is 13.9. The first-order valence-corrected chi connectivity index (χ1v) is 13.9. The smallest absolute Gasteiger partial charge is 0.309 e. The fourth-order valence-corrected chi connectivity index (χ4v) is 10.6. The predicted molar refractivity (Wildman–Crippen MR) is 134 cm³/mol. The molecule has 4 saturated carbocycles. The Morgan fingerprint density at radius 2 is 1.62 bits per heavy atom. The maximum absolute atomic E-state index is 12.2. The summed E-state index contributed by atoms with van der Waals surface area (Å²) in [4.78, 5) is 12.2. The van der Waals surface area contributed by atoms with E-state index in [1.54, 1.807) is 5.57 Å². The molecule has 0 heterocycles. The highest BCUT2D eigenvalue weighted by Crippen LogP contribution is 2.75. The Labute approximate surface area is 206 Å². The van der Waals surface area contributed by atoms with Gasteiger partial charge in [-0.25, -0.2) is 0 Å². The Balaban J connectivity index is 1.57. The molecule has 4 nitrogen and oxygen atoms in total. The van der Waals surface area contributed by atoms with Crippen LogP contribution in [0.15, 0.2) is 11.6 Å². The van der Waals surface area contributed by atoms with Crippen molar-refractivity contribution >= 4 is 5.97 Å². The van der Waals surface area contributed by atoms with Gasteiger partial charge < -0.3 is 15.3 Å². The Bertz CT molecular complexity index is 911. The van der Waals surface area contributed by atoms with Gasteiger partial charge in [-0.2, -0.15) is 0 Å². The molecule has 3 N–H and O–H groups in total. The zero-order valence-corrected chi connectivity index (χ0v) is 22.4. The molecule has 10 atom stereocenters. The van der Waals surface area contributed by atoms with Crippen LogP contribution in [-0.2, 0) is 4.79 Å². The average Bonchev–Trinajstić information content (AvgIpc) is 2.78. The van der Waals surface area contributed by atoms with Crippen molar-refractivity contribution in [2.75, 3.05) is 6.61 Å². The number of allylic oxidation sites excluding steroid dienone is 2. The van der Waals surface area contributed by atoms with Crippen LogP contribution in [0.25, 0.3) is 0 Å². The van der Waals surface area contributed by atoms with E-state index in [9.17, 15) is 20.1 Å². The lowest BCUT2D eigenvalue weighted by Crippen LogP contribution is -2.65. The molecule has 5 rings (SSSR count). The molecule has 0 aliphatic heterocycles. The Morgan fingerprint density at radius 1 is 0.941 bits per heavy atom. The summed E-state index contributed by atoms with van der Waals surface area (Å²) in [5, 5.41) is 31.4. The second kappa shape index (κ2) is 7.34. The van der Waals surface area contributed by atoms with Crippen molar-refractivity contribution in [3.63, 3.8) is 0 Å². The Kier molecular flexibility index (Phi) is 5.36. The van der Waals surface area contributed by atoms with Crippen LogP contribution in [-0.4, -0.2) is 34.0 Å². The number of rotatable bonds is 2. The summed E-state index contributed by atoms with van der Waals surface area (Å²) in [5.41, 5.74) is 1.13. The zero-order chi connectivity index (χ0) is 24.9. The first-order chi connectivity index (χ1) is 15.7. The maximum atomic E-state index is 12.2. The van der Waals surface area contributed by atoms with Gasteiger partial charge in [0.15, 0.2) is 0 Å². The molecule has 4 heteroatoms. The summed E-state index contributed by atoms with van der Waals surface area (Å²) in [6.45, 7) is 14.1. The standard InChI is InChI=1S/C30H48O4/c1-25-13-14-26(2,24(33)34)17-20(25)19-7-8-22-27(3)11-10-23(32)28(4,18-31)21(27)9-12-30(22,6)29(19,5)16-15-25/h7,20-23,31-32H,8-18H2,1-6H3,(H,33,34)/t20-,21+,22-,23-,25-,26-,27-,28-,29+,30-/m0/s1. The quantitative estimate of drug-likeness (QED) is 0.418. The summed E-state index contributed by atoms with van der Waals surface area (Å²) < 4.78 is 0. The lowest BCUT2D eigenvalue weighted by molar-refractivity contribution is -0.215. The molecule has 4 fully saturated rings. The molecule has 0 bridgehead atoms. The zero-order valence-electron chi connectivity index (χ0n) is 22.4. The van der Waals surface area contributed by atoms with Gasteiger partial charge in [0.25, 0.3) is 0 Å². The van der Waals surface area contributed by atoms with E-state index < -0.39 is 22.9 Å². The van der Waals surface area contributed by atoms with Gasteiger partial charge in [-0.1, -0.05) is 46.3 Å². The van der Waals surface area contributed by atoms with Crippen LogP contribution in [0.1, 0.15) is 106 Å². The predicted octanol–water partition coefficient (Wildman–Crippen LogP) is 6.21. The lowest BCUT2D eigenvalue weighted by atomic mass is 9.33. The highest BCUT2D eigenvalue weighted by molar-refractivity contribution is 5.74. The number of carbonyl (C=O) groups is 1. The van der Waals surface area contributed by atoms with E-state index in [4.69, 9.17) is 0 Å². The first kappa shape index (κ1) is 24.8. The van der Waals surface area contributed by atoms with Crippen molar-refractivity contribution in [2.24, 2.45) is 50.2 Å². The molecule has 0 unspecified atom stereocenters. The number of aliphatic hydroxyl groups is 2. The lowest BCUT2D eigenvalue weighted by Gasteiger charge is -2.71. The van der Waals surface area contributed by atoms with Crippen LogP contribution < -0.4 is 0 Å². The second-order valence-electron chi connectivity index (χ2n) is 14.8. The summed E-state index contributed by atoms with van der Waals surface area (Å²) in [5.74, 6) is 0.605. The minimum Gasteiger partial charge on any atom is -0.481 e. The van der Waals surface area contributed by atoms with Crippen molar-refractivity contribution < 1.29 is 20.1 Å². The van der Waals surface area contributed by atoms with Gasteiger partial charge in [0.05, 0.1) is 18.1 Å². The topological polar surface area (TPSA) is 77.8 Å². The third-order valence-electron chi connectivity index (χ3n) is 13.5. The number of carboxylic acids is 1. The SMILES string of the molecule is C[C@]1(C(=O)O)CC[C@@]2(C)CC[C@]3(C)C(=CC[C@H]4[C@@]5(C)CC[C@H](O)[C@@](C)(CO)[C@@H]5CC[C@@]43C)[C@@H]2C1. The van der Waals surface area contributed by atoms with Crippen LogP contribution in [0.2, 0.25) is 0 Å². The van der Waals surface area contributed by atoms with Crippen molar-refractivity contribution in [1.29, 1.82) is 0 Å². The Morgan fingerprint density at radius 3 is 2.26 bits per heavy atom. The molecule has 5 aliphatic rings. The normalized spacial score (nSPS) is 56.9. The molecule has 34 heavy (non-hydrogen) atoms. The molecule has 0 aromatic rings. The molecule has 0 spiro atoms. The fraction of sp³-hybridized carbons (Fsp3) is 0.900. The van der Waals surface area contributed by atoms with Gasteiger partial charge >= 0.3 is 5.97 Å². The number of fused-ring (bicyclic) bond motifs is 7. The van der Waals surface area contributed by atoms with Crippen LogP contribution in [0.3, 0.4) is 0 Å². The highest BCUT2D eigenvalue weighted by Gasteiger charge is 2.68. The van der Waals surface area contributed by atoms with E-state index >= 15 is 0 Å². The average molecular weight is 473 g/mol. The van der Waals surface area contributed by atoms with Crippen LogP contribution in [0.5, 0.6) is 0 Å². The summed E-state index contributed by atoms with van der Waals surface area (Å²) in [6.07, 6.45) is 12.2. The summed E-state index contributed by atoms with van der Waals surface area (Å²) >= 11 is 0. The van der Waals surface area contributed by atoms with Crippen molar-refractivity contribution in [1.82, 2.24) is 0 Å². The fourth-order valence-electron chi connectivity index (χ4n) is 10.6. The van der Waals surface area contributed by atoms with Crippen LogP contribution in [0, 0.1) is 50.2 Å². The van der Waals surface area contributed by atoms with E-state index in [2.05, 4.69) is 40.7 Å². The highest BCUT2D eigenvalue weighted by atomic mass is 16.4. The maximum Gasteiger partial charge on any atom is 0.309 e. The van der Waals surface area contributed by atoms with E-state index in [1.807, 2.05) is 6.92 Å². The molecule has 0 aromatic heterocycles. The van der Waals surface area contributed by atoms with Crippen LogP contribution in [0.4, 0.5) is 0 Å². The van der Waals surface area contributed by atoms with Gasteiger partial charge in [0, 0.05) is 5.41 Å². The number of hydrogen-bond donors (Lipinski definition) is 3. The number of aliphatic carboxylic acids is 1. The molecule has 5 aliphatic carbocycles. The molecule has 0 aromatic carbocycles. The van der Waals surface area contributed by atoms with Gasteiger partial charge in [-0.3, -0.25) is 4.79 Å². The van der Waals surface area contributed by atoms with E-state index in [0.29, 0.717) is 17.8 Å². The van der Waals surface area contributed by atoms with Gasteiger partial charge in [0.1, 0.15) is 0 Å². The molecule has 0 radical (unpaired) electrons. The van der Waals surface area contributed by atoms with E-state index in [1.165, 1.54) is 12.8 Å². The monoisotopic (exact) mass is 472 g/mol. The summed E-state index contributed by atoms with van der Waals surface area (Å²) in [6, 6.07) is 0. The van der Waals surface area contributed by atoms with Crippen LogP contribution >= 0.6 is 0 Å². The molecule has 192 valence electrons. The minimum atomic E-state index is -0.626. The largest absolute Gasteiger partial charge is 0.481 e. The summed E-state index contributed by atoms with van der Waals surface area (Å²) in [7, 11) is 0. The van der Waals surface area contributed by atoms with E-state index in [0.717, 1.165) is 51.4 Å². The number of hydrogen-bond acceptors (Lipinski definition) is 3. The van der Waals surface area contributed by atoms with Gasteiger partial charge in [0.2, 0.25) is 0 Å². The molecule has 0 saturated heterocycles. The molecular weight excluding hydrogens is 424 g/mol. The van der Waals surface area contributed by atoms with Gasteiger partial charge in [-0.05, 0) is 111 Å². The van der Waals surface area contributed by atoms with Crippen molar-refractivity contribution in [2.45, 2.75) is 112 Å². The Hall–Kier alpha value is -0.870. The van der Waals surface area contributed by atoms with Crippen molar-refractivity contribution in [3.05, 3.63) is 11.6 Å². The molecular formula is C30H48O4. The van der Waals surface area contributed by atoms with E-state index in [-0.39, 0.29) is 28.3 Å². The third kappa shape index (κ3) is 2.88. The third-order valence-corrected chi connectivity index (χ3v) is 13.5. The van der Waals surface area contributed by atoms with Gasteiger partial charge in [-0.15, -0.1) is 0 Å².